The summed E-state index contributed by atoms with van der Waals surface area (Å²) in [4.78, 5) is 2.12. The van der Waals surface area contributed by atoms with Gasteiger partial charge < -0.3 is 10.2 Å². The Labute approximate surface area is 83.7 Å². The Bertz CT molecular complexity index is 96.3. The first-order valence-corrected chi connectivity index (χ1v) is 5.52. The molecule has 13 heavy (non-hydrogen) atoms. The Balaban J connectivity index is 0.000000252. The molecule has 1 saturated carbocycles. The standard InChI is InChI=1S/C7H15N.C4H11N/c1-8-7-5-3-2-4-6-7;1-4-5(2)3/h7-8H,2-6H2,1H3;4H2,1-3H3. The fourth-order valence-electron chi connectivity index (χ4n) is 1.39. The van der Waals surface area contributed by atoms with Crippen LogP contribution >= 0.6 is 0 Å². The third-order valence-electron chi connectivity index (χ3n) is 2.65. The molecule has 0 aromatic carbocycles. The number of hydrogen-bond donors (Lipinski definition) is 1. The molecule has 0 bridgehead atoms. The molecular formula is C11H26N2. The van der Waals surface area contributed by atoms with Crippen molar-refractivity contribution < 1.29 is 0 Å². The summed E-state index contributed by atoms with van der Waals surface area (Å²) in [5.41, 5.74) is 0. The highest BCUT2D eigenvalue weighted by molar-refractivity contribution is 4.68. The molecule has 1 aliphatic carbocycles. The van der Waals surface area contributed by atoms with Gasteiger partial charge in [-0.1, -0.05) is 26.2 Å². The smallest absolute Gasteiger partial charge is 0.00640 e. The van der Waals surface area contributed by atoms with Gasteiger partial charge in [-0.05, 0) is 40.5 Å². The maximum Gasteiger partial charge on any atom is 0.00640 e. The van der Waals surface area contributed by atoms with Crippen molar-refractivity contribution in [1.29, 1.82) is 0 Å². The van der Waals surface area contributed by atoms with E-state index in [4.69, 9.17) is 0 Å². The summed E-state index contributed by atoms with van der Waals surface area (Å²) in [5, 5.41) is 3.30. The minimum Gasteiger partial charge on any atom is -0.317 e. The molecule has 0 aromatic rings. The highest BCUT2D eigenvalue weighted by Gasteiger charge is 2.09. The third-order valence-corrected chi connectivity index (χ3v) is 2.65. The first-order valence-electron chi connectivity index (χ1n) is 5.52. The second kappa shape index (κ2) is 8.52. The molecule has 0 saturated heterocycles. The highest BCUT2D eigenvalue weighted by Crippen LogP contribution is 2.16. The molecule has 0 aromatic heterocycles. The molecule has 0 amide bonds. The van der Waals surface area contributed by atoms with E-state index in [2.05, 4.69) is 38.3 Å². The SMILES string of the molecule is CCN(C)C.CNC1CCCCC1. The second-order valence-electron chi connectivity index (χ2n) is 4.02. The Hall–Kier alpha value is -0.0800. The van der Waals surface area contributed by atoms with Crippen LogP contribution in [0.5, 0.6) is 0 Å². The summed E-state index contributed by atoms with van der Waals surface area (Å²) >= 11 is 0. The van der Waals surface area contributed by atoms with Gasteiger partial charge in [-0.2, -0.15) is 0 Å². The molecule has 0 heterocycles. The molecule has 1 aliphatic rings. The van der Waals surface area contributed by atoms with Crippen LogP contribution < -0.4 is 5.32 Å². The molecule has 0 aliphatic heterocycles. The van der Waals surface area contributed by atoms with Crippen LogP contribution in [0.25, 0.3) is 0 Å². The average molecular weight is 186 g/mol. The van der Waals surface area contributed by atoms with Crippen molar-refractivity contribution in [2.75, 3.05) is 27.7 Å². The van der Waals surface area contributed by atoms with E-state index in [9.17, 15) is 0 Å². The van der Waals surface area contributed by atoms with Gasteiger partial charge in [0, 0.05) is 6.04 Å². The molecule has 80 valence electrons. The fraction of sp³-hybridized carbons (Fsp3) is 1.00. The Morgan fingerprint density at radius 1 is 1.15 bits per heavy atom. The lowest BCUT2D eigenvalue weighted by atomic mass is 9.96. The molecule has 1 N–H and O–H groups in total. The van der Waals surface area contributed by atoms with Crippen molar-refractivity contribution in [2.24, 2.45) is 0 Å². The van der Waals surface area contributed by atoms with Gasteiger partial charge >= 0.3 is 0 Å². The first-order chi connectivity index (χ1) is 6.20. The van der Waals surface area contributed by atoms with Crippen LogP contribution in [0.3, 0.4) is 0 Å². The van der Waals surface area contributed by atoms with Crippen LogP contribution in [-0.4, -0.2) is 38.6 Å². The Kier molecular flexibility index (Phi) is 8.46. The summed E-state index contributed by atoms with van der Waals surface area (Å²) in [6, 6.07) is 0.837. The molecule has 0 spiro atoms. The van der Waals surface area contributed by atoms with Crippen molar-refractivity contribution in [2.45, 2.75) is 45.1 Å². The van der Waals surface area contributed by atoms with Crippen LogP contribution in [0.2, 0.25) is 0 Å². The maximum atomic E-state index is 3.30. The van der Waals surface area contributed by atoms with Crippen molar-refractivity contribution in [1.82, 2.24) is 10.2 Å². The van der Waals surface area contributed by atoms with Crippen LogP contribution in [-0.2, 0) is 0 Å². The number of hydrogen-bond acceptors (Lipinski definition) is 2. The Morgan fingerprint density at radius 3 is 1.85 bits per heavy atom. The molecule has 1 fully saturated rings. The third kappa shape index (κ3) is 8.26. The fourth-order valence-corrected chi connectivity index (χ4v) is 1.39. The zero-order chi connectivity index (χ0) is 10.1. The van der Waals surface area contributed by atoms with Crippen LogP contribution in [0, 0.1) is 0 Å². The minimum atomic E-state index is 0.837. The maximum absolute atomic E-state index is 3.30. The van der Waals surface area contributed by atoms with Gasteiger partial charge in [0.05, 0.1) is 0 Å². The van der Waals surface area contributed by atoms with Gasteiger partial charge in [0.2, 0.25) is 0 Å². The van der Waals surface area contributed by atoms with Crippen molar-refractivity contribution >= 4 is 0 Å². The van der Waals surface area contributed by atoms with E-state index >= 15 is 0 Å². The summed E-state index contributed by atoms with van der Waals surface area (Å²) in [7, 11) is 6.18. The lowest BCUT2D eigenvalue weighted by molar-refractivity contribution is 0.394. The van der Waals surface area contributed by atoms with Crippen molar-refractivity contribution in [3.63, 3.8) is 0 Å². The average Bonchev–Trinajstić information content (AvgIpc) is 2.20. The van der Waals surface area contributed by atoms with E-state index in [0.717, 1.165) is 12.6 Å². The van der Waals surface area contributed by atoms with Gasteiger partial charge in [0.1, 0.15) is 0 Å². The van der Waals surface area contributed by atoms with E-state index in [0.29, 0.717) is 0 Å². The van der Waals surface area contributed by atoms with Gasteiger partial charge in [-0.25, -0.2) is 0 Å². The normalized spacial score (nSPS) is 18.2. The summed E-state index contributed by atoms with van der Waals surface area (Å²) in [6.45, 7) is 3.26. The molecule has 0 radical (unpaired) electrons. The van der Waals surface area contributed by atoms with E-state index in [1.165, 1.54) is 32.1 Å². The van der Waals surface area contributed by atoms with E-state index in [-0.39, 0.29) is 0 Å². The molecule has 0 atom stereocenters. The lowest BCUT2D eigenvalue weighted by Gasteiger charge is -2.20. The van der Waals surface area contributed by atoms with Crippen molar-refractivity contribution in [3.8, 4) is 0 Å². The topological polar surface area (TPSA) is 15.3 Å². The number of rotatable bonds is 2. The molecule has 0 unspecified atom stereocenters. The largest absolute Gasteiger partial charge is 0.317 e. The minimum absolute atomic E-state index is 0.837. The number of nitrogens with one attached hydrogen (secondary N) is 1. The zero-order valence-corrected chi connectivity index (χ0v) is 9.77. The number of nitrogens with zero attached hydrogens (tertiary/aromatic N) is 1. The van der Waals surface area contributed by atoms with Gasteiger partial charge in [-0.3, -0.25) is 0 Å². The van der Waals surface area contributed by atoms with Crippen LogP contribution in [0.4, 0.5) is 0 Å². The van der Waals surface area contributed by atoms with Gasteiger partial charge in [-0.15, -0.1) is 0 Å². The lowest BCUT2D eigenvalue weighted by Crippen LogP contribution is -2.26. The molecule has 1 rings (SSSR count). The quantitative estimate of drug-likeness (QED) is 0.710. The van der Waals surface area contributed by atoms with Crippen LogP contribution in [0.1, 0.15) is 39.0 Å². The molecular weight excluding hydrogens is 160 g/mol. The van der Waals surface area contributed by atoms with Gasteiger partial charge in [0.25, 0.3) is 0 Å². The van der Waals surface area contributed by atoms with E-state index in [1.54, 1.807) is 0 Å². The van der Waals surface area contributed by atoms with E-state index in [1.807, 2.05) is 0 Å². The highest BCUT2D eigenvalue weighted by atomic mass is 15.0. The zero-order valence-electron chi connectivity index (χ0n) is 9.77. The molecule has 2 nitrogen and oxygen atoms in total. The monoisotopic (exact) mass is 186 g/mol. The van der Waals surface area contributed by atoms with Crippen molar-refractivity contribution in [3.05, 3.63) is 0 Å². The Morgan fingerprint density at radius 2 is 1.62 bits per heavy atom. The predicted molar refractivity (Wildman–Crippen MR) is 60.2 cm³/mol. The summed E-state index contributed by atoms with van der Waals surface area (Å²) in [6.07, 6.45) is 7.13. The van der Waals surface area contributed by atoms with E-state index < -0.39 is 0 Å². The summed E-state index contributed by atoms with van der Waals surface area (Å²) < 4.78 is 0. The summed E-state index contributed by atoms with van der Waals surface area (Å²) in [5.74, 6) is 0. The first kappa shape index (κ1) is 12.9. The molecule has 2 heteroatoms. The second-order valence-corrected chi connectivity index (χ2v) is 4.02. The van der Waals surface area contributed by atoms with Crippen LogP contribution in [0.15, 0.2) is 0 Å². The van der Waals surface area contributed by atoms with Gasteiger partial charge in [0.15, 0.2) is 0 Å². The predicted octanol–water partition coefficient (Wildman–Crippen LogP) is 2.11.